The number of methoxy groups -OCH3 is 1. The van der Waals surface area contributed by atoms with Gasteiger partial charge in [0.05, 0.1) is 12.7 Å². The van der Waals surface area contributed by atoms with E-state index in [4.69, 9.17) is 9.53 Å². The van der Waals surface area contributed by atoms with Crippen LogP contribution in [0.5, 0.6) is 5.75 Å². The van der Waals surface area contributed by atoms with Gasteiger partial charge < -0.3 is 9.47 Å². The average Bonchev–Trinajstić information content (AvgIpc) is 2.61. The van der Waals surface area contributed by atoms with E-state index in [0.29, 0.717) is 17.1 Å². The van der Waals surface area contributed by atoms with E-state index in [0.717, 1.165) is 17.2 Å². The summed E-state index contributed by atoms with van der Waals surface area (Å²) in [4.78, 5) is 9.53. The van der Waals surface area contributed by atoms with E-state index in [9.17, 15) is 13.2 Å². The van der Waals surface area contributed by atoms with Gasteiger partial charge >= 0.3 is 6.18 Å². The second-order valence-corrected chi connectivity index (χ2v) is 6.22. The molecule has 2 aromatic carbocycles. The number of carbonyl (C=O) groups is 1. The first kappa shape index (κ1) is 21.9. The first-order valence-corrected chi connectivity index (χ1v) is 8.86. The van der Waals surface area contributed by atoms with Crippen molar-refractivity contribution in [1.29, 1.82) is 0 Å². The van der Waals surface area contributed by atoms with Gasteiger partial charge in [0.2, 0.25) is 0 Å². The van der Waals surface area contributed by atoms with Crippen LogP contribution in [0.15, 0.2) is 41.3 Å². The molecule has 0 radical (unpaired) electrons. The minimum Gasteiger partial charge on any atom is -0.489 e. The van der Waals surface area contributed by atoms with Gasteiger partial charge in [-0.25, -0.2) is 0 Å². The molecule has 2 rings (SSSR count). The first-order chi connectivity index (χ1) is 12.2. The zero-order valence-corrected chi connectivity index (χ0v) is 15.8. The number of halogens is 3. The maximum Gasteiger partial charge on any atom is 0.416 e. The van der Waals surface area contributed by atoms with Crippen molar-refractivity contribution in [2.45, 2.75) is 31.5 Å². The lowest BCUT2D eigenvalue weighted by molar-refractivity contribution is -0.138. The molecule has 142 valence electrons. The van der Waals surface area contributed by atoms with E-state index in [-0.39, 0.29) is 12.2 Å². The molecule has 3 nitrogen and oxygen atoms in total. The molecule has 0 saturated carbocycles. The Balaban J connectivity index is 0.000000765. The van der Waals surface area contributed by atoms with Crippen LogP contribution in [0.25, 0.3) is 0 Å². The van der Waals surface area contributed by atoms with Crippen LogP contribution in [0, 0.1) is 13.8 Å². The van der Waals surface area contributed by atoms with Gasteiger partial charge in [0.1, 0.15) is 12.4 Å². The third kappa shape index (κ3) is 6.29. The number of hydrogen-bond acceptors (Lipinski definition) is 4. The topological polar surface area (TPSA) is 35.5 Å². The molecule has 26 heavy (non-hydrogen) atoms. The predicted octanol–water partition coefficient (Wildman–Crippen LogP) is 5.41. The van der Waals surface area contributed by atoms with Crippen molar-refractivity contribution >= 4 is 18.2 Å². The lowest BCUT2D eigenvalue weighted by Gasteiger charge is -2.17. The maximum absolute atomic E-state index is 13.2. The van der Waals surface area contributed by atoms with Crippen molar-refractivity contribution in [2.24, 2.45) is 0 Å². The molecule has 0 saturated heterocycles. The Morgan fingerprint density at radius 1 is 1.15 bits per heavy atom. The molecule has 0 aliphatic rings. The van der Waals surface area contributed by atoms with Crippen molar-refractivity contribution in [3.05, 3.63) is 58.7 Å². The molecule has 0 aliphatic carbocycles. The fraction of sp³-hybridized carbons (Fsp3) is 0.316. The average molecular weight is 386 g/mol. The molecule has 0 amide bonds. The van der Waals surface area contributed by atoms with Crippen molar-refractivity contribution in [3.8, 4) is 5.75 Å². The number of aryl methyl sites for hydroxylation is 2. The fourth-order valence-corrected chi connectivity index (χ4v) is 2.81. The highest BCUT2D eigenvalue weighted by Gasteiger charge is 2.34. The van der Waals surface area contributed by atoms with Crippen LogP contribution >= 0.6 is 11.8 Å². The monoisotopic (exact) mass is 386 g/mol. The second-order valence-electron chi connectivity index (χ2n) is 5.37. The Bertz CT molecular complexity index is 730. The third-order valence-electron chi connectivity index (χ3n) is 3.47. The fourth-order valence-electron chi connectivity index (χ4n) is 2.18. The van der Waals surface area contributed by atoms with Gasteiger partial charge in [-0.3, -0.25) is 4.79 Å². The Morgan fingerprint density at radius 2 is 1.81 bits per heavy atom. The number of carbonyl (C=O) groups excluding carboxylic acids is 1. The smallest absolute Gasteiger partial charge is 0.416 e. The molecular formula is C19H21F3O3S. The molecule has 2 aromatic rings. The number of rotatable bonds is 5. The van der Waals surface area contributed by atoms with Crippen molar-refractivity contribution < 1.29 is 27.4 Å². The van der Waals surface area contributed by atoms with E-state index in [2.05, 4.69) is 4.74 Å². The van der Waals surface area contributed by atoms with Gasteiger partial charge in [-0.2, -0.15) is 13.2 Å². The van der Waals surface area contributed by atoms with E-state index in [1.165, 1.54) is 24.9 Å². The summed E-state index contributed by atoms with van der Waals surface area (Å²) in [6.07, 6.45) is -2.62. The van der Waals surface area contributed by atoms with Crippen LogP contribution in [-0.4, -0.2) is 19.8 Å². The second kappa shape index (κ2) is 10.1. The summed E-state index contributed by atoms with van der Waals surface area (Å²) in [6.45, 7) is 4.07. The number of benzene rings is 2. The number of hydrogen-bond donors (Lipinski definition) is 0. The zero-order chi connectivity index (χ0) is 19.7. The maximum atomic E-state index is 13.2. The molecule has 7 heteroatoms. The largest absolute Gasteiger partial charge is 0.489 e. The number of alkyl halides is 3. The van der Waals surface area contributed by atoms with Crippen molar-refractivity contribution in [3.63, 3.8) is 0 Å². The van der Waals surface area contributed by atoms with E-state index >= 15 is 0 Å². The molecule has 0 fully saturated rings. The quantitative estimate of drug-likeness (QED) is 0.508. The summed E-state index contributed by atoms with van der Waals surface area (Å²) in [7, 11) is 1.31. The van der Waals surface area contributed by atoms with Gasteiger partial charge in [0.15, 0.2) is 0 Å². The van der Waals surface area contributed by atoms with Crippen LogP contribution in [-0.2, 0) is 22.3 Å². The van der Waals surface area contributed by atoms with Crippen molar-refractivity contribution in [2.75, 3.05) is 13.4 Å². The van der Waals surface area contributed by atoms with E-state index < -0.39 is 11.7 Å². The highest BCUT2D eigenvalue weighted by Crippen LogP contribution is 2.36. The normalized spacial score (nSPS) is 10.6. The molecule has 0 bridgehead atoms. The Labute approximate surface area is 155 Å². The molecule has 0 heterocycles. The van der Waals surface area contributed by atoms with E-state index in [1.807, 2.05) is 32.0 Å². The van der Waals surface area contributed by atoms with Gasteiger partial charge in [-0.15, -0.1) is 11.8 Å². The number of ether oxygens (including phenoxy) is 2. The summed E-state index contributed by atoms with van der Waals surface area (Å²) in [5.74, 6) is 0.615. The molecule has 0 aromatic heterocycles. The number of thioether (sulfide) groups is 1. The molecule has 0 N–H and O–H groups in total. The minimum atomic E-state index is -4.38. The zero-order valence-electron chi connectivity index (χ0n) is 15.0. The van der Waals surface area contributed by atoms with Gasteiger partial charge in [-0.05, 0) is 49.4 Å². The lowest BCUT2D eigenvalue weighted by Crippen LogP contribution is -2.12. The summed E-state index contributed by atoms with van der Waals surface area (Å²) < 4.78 is 49.0. The SMILES string of the molecule is COC=O.CSc1cccc(C(F)(F)F)c1COc1cc(C)ccc1C. The molecular weight excluding hydrogens is 365 g/mol. The van der Waals surface area contributed by atoms with Crippen LogP contribution in [0.4, 0.5) is 13.2 Å². The minimum absolute atomic E-state index is 0.101. The molecule has 0 spiro atoms. The van der Waals surface area contributed by atoms with Crippen LogP contribution < -0.4 is 4.74 Å². The van der Waals surface area contributed by atoms with Crippen LogP contribution in [0.2, 0.25) is 0 Å². The summed E-state index contributed by atoms with van der Waals surface area (Å²) >= 11 is 1.29. The Morgan fingerprint density at radius 3 is 2.35 bits per heavy atom. The summed E-state index contributed by atoms with van der Waals surface area (Å²) in [5, 5.41) is 0. The summed E-state index contributed by atoms with van der Waals surface area (Å²) in [5.41, 5.74) is 1.46. The highest BCUT2D eigenvalue weighted by molar-refractivity contribution is 7.98. The molecule has 0 aliphatic heterocycles. The summed E-state index contributed by atoms with van der Waals surface area (Å²) in [6, 6.07) is 9.89. The molecule has 0 unspecified atom stereocenters. The lowest BCUT2D eigenvalue weighted by atomic mass is 10.1. The van der Waals surface area contributed by atoms with Gasteiger partial charge in [0, 0.05) is 10.5 Å². The Hall–Kier alpha value is -2.15. The predicted molar refractivity (Wildman–Crippen MR) is 96.5 cm³/mol. The molecule has 0 atom stereocenters. The standard InChI is InChI=1S/C17H17F3OS.C2H4O2/c1-11-7-8-12(2)15(9-11)21-10-13-14(17(18,19)20)5-4-6-16(13)22-3;1-4-2-3/h4-9H,10H2,1-3H3;2H,1H3. The van der Waals surface area contributed by atoms with Gasteiger partial charge in [-0.1, -0.05) is 18.2 Å². The highest BCUT2D eigenvalue weighted by atomic mass is 32.2. The third-order valence-corrected chi connectivity index (χ3v) is 4.29. The first-order valence-electron chi connectivity index (χ1n) is 7.64. The van der Waals surface area contributed by atoms with Crippen LogP contribution in [0.3, 0.4) is 0 Å². The van der Waals surface area contributed by atoms with Gasteiger partial charge in [0.25, 0.3) is 6.47 Å². The van der Waals surface area contributed by atoms with Crippen LogP contribution in [0.1, 0.15) is 22.3 Å². The van der Waals surface area contributed by atoms with Crippen molar-refractivity contribution in [1.82, 2.24) is 0 Å². The Kier molecular flexibility index (Phi) is 8.51. The van der Waals surface area contributed by atoms with E-state index in [1.54, 1.807) is 12.3 Å².